The summed E-state index contributed by atoms with van der Waals surface area (Å²) in [6, 6.07) is 10.5. The standard InChI is InChI=1S/C16H15N3O3.CH4O.ClH/c1-21-14-7-12-13(8-15(14)22-2)17-9-18-16(12)19-10-3-5-11(20)6-4-10;1-2;/h3-9,20H,1-2H3,(H,17,18,19);2H,1H3;1H. The van der Waals surface area contributed by atoms with Crippen LogP contribution in [0.1, 0.15) is 0 Å². The van der Waals surface area contributed by atoms with Crippen molar-refractivity contribution in [2.75, 3.05) is 26.6 Å². The Morgan fingerprint density at radius 2 is 1.60 bits per heavy atom. The topological polar surface area (TPSA) is 98.0 Å². The molecule has 0 radical (unpaired) electrons. The van der Waals surface area contributed by atoms with Gasteiger partial charge in [-0.2, -0.15) is 0 Å². The molecule has 3 rings (SSSR count). The second-order valence-corrected chi connectivity index (χ2v) is 4.67. The highest BCUT2D eigenvalue weighted by Gasteiger charge is 2.14. The molecule has 4 N–H and O–H groups in total. The number of aromatic hydroxyl groups is 1. The number of benzene rings is 2. The zero-order chi connectivity index (χ0) is 17.5. The lowest BCUT2D eigenvalue weighted by Crippen LogP contribution is -3.00. The molecule has 0 saturated carbocycles. The van der Waals surface area contributed by atoms with Crippen LogP contribution in [-0.4, -0.2) is 36.5 Å². The number of methoxy groups -OCH3 is 2. The van der Waals surface area contributed by atoms with Crippen molar-refractivity contribution in [1.29, 1.82) is 0 Å². The average molecular weight is 366 g/mol. The predicted molar refractivity (Wildman–Crippen MR) is 90.9 cm³/mol. The van der Waals surface area contributed by atoms with Crippen molar-refractivity contribution in [3.05, 3.63) is 42.7 Å². The highest BCUT2D eigenvalue weighted by Crippen LogP contribution is 2.33. The van der Waals surface area contributed by atoms with Crippen LogP contribution >= 0.6 is 0 Å². The molecule has 3 aromatic rings. The van der Waals surface area contributed by atoms with Gasteiger partial charge in [0.25, 0.3) is 0 Å². The molecule has 0 aliphatic carbocycles. The van der Waals surface area contributed by atoms with Crippen molar-refractivity contribution in [1.82, 2.24) is 4.98 Å². The predicted octanol–water partition coefficient (Wildman–Crippen LogP) is -0.872. The van der Waals surface area contributed by atoms with Gasteiger partial charge in [-0.3, -0.25) is 5.32 Å². The van der Waals surface area contributed by atoms with E-state index < -0.39 is 0 Å². The maximum absolute atomic E-state index is 9.34. The summed E-state index contributed by atoms with van der Waals surface area (Å²) in [5.74, 6) is 2.26. The number of hydrogen-bond donors (Lipinski definition) is 3. The summed E-state index contributed by atoms with van der Waals surface area (Å²) in [7, 11) is 4.19. The molecule has 1 heterocycles. The minimum atomic E-state index is 0. The molecule has 0 unspecified atom stereocenters. The Bertz CT molecular complexity index is 813. The molecule has 25 heavy (non-hydrogen) atoms. The van der Waals surface area contributed by atoms with Crippen molar-refractivity contribution in [2.45, 2.75) is 0 Å². The molecule has 2 aromatic carbocycles. The third kappa shape index (κ3) is 4.62. The number of phenols is 1. The average Bonchev–Trinajstić information content (AvgIpc) is 2.64. The SMILES string of the molecule is CO.COc1cc2nc[nH+]c(Nc3ccc(O)cc3)c2cc1OC.[Cl-]. The molecule has 0 aliphatic heterocycles. The fourth-order valence-corrected chi connectivity index (χ4v) is 2.21. The van der Waals surface area contributed by atoms with E-state index in [2.05, 4.69) is 15.3 Å². The van der Waals surface area contributed by atoms with Gasteiger partial charge in [-0.05, 0) is 24.3 Å². The van der Waals surface area contributed by atoms with E-state index in [9.17, 15) is 5.11 Å². The number of aliphatic hydroxyl groups excluding tert-OH is 1. The molecule has 0 spiro atoms. The van der Waals surface area contributed by atoms with E-state index in [-0.39, 0.29) is 18.2 Å². The van der Waals surface area contributed by atoms with Crippen LogP contribution in [0.25, 0.3) is 10.9 Å². The molecule has 7 nitrogen and oxygen atoms in total. The van der Waals surface area contributed by atoms with Crippen LogP contribution in [0.3, 0.4) is 0 Å². The van der Waals surface area contributed by atoms with Gasteiger partial charge in [0, 0.05) is 19.2 Å². The van der Waals surface area contributed by atoms with E-state index in [0.717, 1.165) is 29.5 Å². The molecule has 0 aliphatic rings. The van der Waals surface area contributed by atoms with Gasteiger partial charge in [-0.25, -0.2) is 4.98 Å². The van der Waals surface area contributed by atoms with E-state index >= 15 is 0 Å². The van der Waals surface area contributed by atoms with E-state index in [4.69, 9.17) is 14.6 Å². The number of phenolic OH excluding ortho intramolecular Hbond substituents is 1. The van der Waals surface area contributed by atoms with Crippen molar-refractivity contribution in [2.24, 2.45) is 0 Å². The number of halogens is 1. The van der Waals surface area contributed by atoms with Gasteiger partial charge in [-0.15, -0.1) is 4.98 Å². The number of aliphatic hydroxyl groups is 1. The van der Waals surface area contributed by atoms with Gasteiger partial charge in [0.2, 0.25) is 12.1 Å². The second-order valence-electron chi connectivity index (χ2n) is 4.67. The summed E-state index contributed by atoms with van der Waals surface area (Å²) in [5.41, 5.74) is 1.62. The lowest BCUT2D eigenvalue weighted by molar-refractivity contribution is -0.363. The summed E-state index contributed by atoms with van der Waals surface area (Å²) in [6.07, 6.45) is 1.61. The molecule has 1 aromatic heterocycles. The Balaban J connectivity index is 0.00000101. The lowest BCUT2D eigenvalue weighted by Gasteiger charge is -2.09. The van der Waals surface area contributed by atoms with E-state index in [1.807, 2.05) is 12.1 Å². The summed E-state index contributed by atoms with van der Waals surface area (Å²) < 4.78 is 10.6. The third-order valence-electron chi connectivity index (χ3n) is 3.32. The fourth-order valence-electron chi connectivity index (χ4n) is 2.21. The summed E-state index contributed by atoms with van der Waals surface area (Å²) >= 11 is 0. The van der Waals surface area contributed by atoms with Crippen LogP contribution in [0.15, 0.2) is 42.7 Å². The lowest BCUT2D eigenvalue weighted by atomic mass is 10.2. The number of aromatic nitrogens is 2. The van der Waals surface area contributed by atoms with Crippen molar-refractivity contribution in [3.8, 4) is 17.2 Å². The van der Waals surface area contributed by atoms with Crippen LogP contribution in [0, 0.1) is 0 Å². The van der Waals surface area contributed by atoms with Gasteiger partial charge in [0.1, 0.15) is 5.75 Å². The molecule has 134 valence electrons. The van der Waals surface area contributed by atoms with Crippen LogP contribution < -0.4 is 32.2 Å². The van der Waals surface area contributed by atoms with E-state index in [1.54, 1.807) is 44.8 Å². The number of rotatable bonds is 4. The number of hydrogen-bond acceptors (Lipinski definition) is 6. The molecule has 0 atom stereocenters. The van der Waals surface area contributed by atoms with Crippen LogP contribution in [0.5, 0.6) is 17.2 Å². The number of fused-ring (bicyclic) bond motifs is 1. The molecular formula is C17H20ClN3O4. The monoisotopic (exact) mass is 365 g/mol. The first-order valence-electron chi connectivity index (χ1n) is 7.14. The van der Waals surface area contributed by atoms with Crippen LogP contribution in [-0.2, 0) is 0 Å². The van der Waals surface area contributed by atoms with Gasteiger partial charge in [0.15, 0.2) is 17.0 Å². The zero-order valence-electron chi connectivity index (χ0n) is 14.1. The number of anilines is 2. The number of nitrogens with one attached hydrogen (secondary N) is 2. The van der Waals surface area contributed by atoms with E-state index in [0.29, 0.717) is 11.5 Å². The maximum atomic E-state index is 9.34. The van der Waals surface area contributed by atoms with Gasteiger partial charge in [-0.1, -0.05) is 0 Å². The molecular weight excluding hydrogens is 346 g/mol. The van der Waals surface area contributed by atoms with Crippen molar-refractivity contribution >= 4 is 22.4 Å². The van der Waals surface area contributed by atoms with Crippen LogP contribution in [0.4, 0.5) is 11.5 Å². The minimum Gasteiger partial charge on any atom is -1.00 e. The van der Waals surface area contributed by atoms with E-state index in [1.165, 1.54) is 0 Å². The second kappa shape index (κ2) is 9.51. The summed E-state index contributed by atoms with van der Waals surface area (Å²) in [6.45, 7) is 0. The smallest absolute Gasteiger partial charge is 0.234 e. The first kappa shape index (κ1) is 20.3. The number of aromatic amines is 1. The Morgan fingerprint density at radius 1 is 1.00 bits per heavy atom. The molecule has 8 heteroatoms. The molecule has 0 saturated heterocycles. The Hall–Kier alpha value is -2.77. The quantitative estimate of drug-likeness (QED) is 0.520. The van der Waals surface area contributed by atoms with Gasteiger partial charge < -0.3 is 32.1 Å². The Labute approximate surface area is 151 Å². The molecule has 0 amide bonds. The highest BCUT2D eigenvalue weighted by atomic mass is 35.5. The Morgan fingerprint density at radius 3 is 2.20 bits per heavy atom. The first-order valence-corrected chi connectivity index (χ1v) is 7.14. The van der Waals surface area contributed by atoms with Crippen molar-refractivity contribution < 1.29 is 37.1 Å². The summed E-state index contributed by atoms with van der Waals surface area (Å²) in [5, 5.41) is 20.5. The van der Waals surface area contributed by atoms with Gasteiger partial charge in [0.05, 0.1) is 25.3 Å². The summed E-state index contributed by atoms with van der Waals surface area (Å²) in [4.78, 5) is 7.39. The third-order valence-corrected chi connectivity index (χ3v) is 3.32. The van der Waals surface area contributed by atoms with Gasteiger partial charge >= 0.3 is 0 Å². The van der Waals surface area contributed by atoms with Crippen molar-refractivity contribution in [3.63, 3.8) is 0 Å². The number of H-pyrrole nitrogens is 1. The first-order chi connectivity index (χ1) is 11.7. The zero-order valence-corrected chi connectivity index (χ0v) is 14.8. The fraction of sp³-hybridized carbons (Fsp3) is 0.176. The Kier molecular flexibility index (Phi) is 7.71. The molecule has 0 fully saturated rings. The van der Waals surface area contributed by atoms with Crippen LogP contribution in [0.2, 0.25) is 0 Å². The maximum Gasteiger partial charge on any atom is 0.234 e. The molecule has 0 bridgehead atoms. The largest absolute Gasteiger partial charge is 1.00 e. The normalized spacial score (nSPS) is 9.44. The minimum absolute atomic E-state index is 0. The number of nitrogens with zero attached hydrogens (tertiary/aromatic N) is 1. The number of ether oxygens (including phenoxy) is 2. The highest BCUT2D eigenvalue weighted by molar-refractivity contribution is 5.91.